The van der Waals surface area contributed by atoms with Crippen LogP contribution in [-0.2, 0) is 16.9 Å². The fourth-order valence-electron chi connectivity index (χ4n) is 1.40. The van der Waals surface area contributed by atoms with Crippen molar-refractivity contribution >= 4 is 0 Å². The number of aromatic nitrogens is 2. The minimum Gasteiger partial charge on any atom is -0.355 e. The largest absolute Gasteiger partial charge is 0.422 e. The molecule has 1 atom stereocenters. The highest BCUT2D eigenvalue weighted by Crippen LogP contribution is 2.46. The Morgan fingerprint density at radius 2 is 2.21 bits per heavy atom. The van der Waals surface area contributed by atoms with Gasteiger partial charge in [-0.25, -0.2) is 9.97 Å². The Morgan fingerprint density at radius 3 is 2.86 bits per heavy atom. The molecule has 6 heteroatoms. The molecule has 0 radical (unpaired) electrons. The van der Waals surface area contributed by atoms with E-state index in [2.05, 4.69) is 9.97 Å². The predicted molar refractivity (Wildman–Crippen MR) is 40.2 cm³/mol. The summed E-state index contributed by atoms with van der Waals surface area (Å²) in [6.45, 7) is 0.887. The molecule has 0 spiro atoms. The van der Waals surface area contributed by atoms with Crippen LogP contribution in [0, 0.1) is 0 Å². The number of alkyl halides is 3. The van der Waals surface area contributed by atoms with Crippen LogP contribution in [0.25, 0.3) is 0 Å². The molecule has 1 unspecified atom stereocenters. The second kappa shape index (κ2) is 2.66. The van der Waals surface area contributed by atoms with Crippen LogP contribution in [0.15, 0.2) is 12.5 Å². The van der Waals surface area contributed by atoms with Crippen molar-refractivity contribution in [2.75, 3.05) is 0 Å². The molecule has 0 bridgehead atoms. The van der Waals surface area contributed by atoms with E-state index in [1.54, 1.807) is 0 Å². The van der Waals surface area contributed by atoms with Gasteiger partial charge < -0.3 is 4.74 Å². The van der Waals surface area contributed by atoms with Gasteiger partial charge in [-0.3, -0.25) is 0 Å². The van der Waals surface area contributed by atoms with E-state index in [0.29, 0.717) is 5.56 Å². The zero-order valence-electron chi connectivity index (χ0n) is 7.30. The van der Waals surface area contributed by atoms with Gasteiger partial charge in [0.15, 0.2) is 0 Å². The van der Waals surface area contributed by atoms with Crippen molar-refractivity contribution < 1.29 is 17.9 Å². The van der Waals surface area contributed by atoms with Gasteiger partial charge in [0.2, 0.25) is 5.60 Å². The highest BCUT2D eigenvalue weighted by atomic mass is 19.4. The first-order chi connectivity index (χ1) is 6.45. The Hall–Kier alpha value is -1.17. The lowest BCUT2D eigenvalue weighted by molar-refractivity contribution is -0.273. The first-order valence-corrected chi connectivity index (χ1v) is 3.95. The third-order valence-corrected chi connectivity index (χ3v) is 2.30. The van der Waals surface area contributed by atoms with E-state index >= 15 is 0 Å². The first kappa shape index (κ1) is 9.39. The van der Waals surface area contributed by atoms with Gasteiger partial charge in [-0.05, 0) is 6.92 Å². The molecule has 1 aliphatic rings. The quantitative estimate of drug-likeness (QED) is 0.646. The van der Waals surface area contributed by atoms with Gasteiger partial charge in [-0.2, -0.15) is 13.2 Å². The second-order valence-corrected chi connectivity index (χ2v) is 3.22. The standard InChI is InChI=1S/C8H7F3N2O/c1-7(8(9,10)11)6-5(3-14-7)2-12-4-13-6/h2,4H,3H2,1H3. The number of fused-ring (bicyclic) bond motifs is 1. The number of hydrogen-bond acceptors (Lipinski definition) is 3. The molecule has 76 valence electrons. The summed E-state index contributed by atoms with van der Waals surface area (Å²) in [4.78, 5) is 7.27. The predicted octanol–water partition coefficient (Wildman–Crippen LogP) is 1.78. The molecule has 2 heterocycles. The summed E-state index contributed by atoms with van der Waals surface area (Å²) in [5.41, 5.74) is -1.97. The fourth-order valence-corrected chi connectivity index (χ4v) is 1.40. The summed E-state index contributed by atoms with van der Waals surface area (Å²) in [6.07, 6.45) is -2.01. The SMILES string of the molecule is CC1(C(F)(F)F)OCc2cncnc21. The van der Waals surface area contributed by atoms with Crippen molar-refractivity contribution in [2.45, 2.75) is 25.3 Å². The van der Waals surface area contributed by atoms with Crippen molar-refractivity contribution in [3.8, 4) is 0 Å². The molecule has 1 aliphatic heterocycles. The highest BCUT2D eigenvalue weighted by Gasteiger charge is 2.58. The van der Waals surface area contributed by atoms with Crippen molar-refractivity contribution in [2.24, 2.45) is 0 Å². The second-order valence-electron chi connectivity index (χ2n) is 3.22. The third-order valence-electron chi connectivity index (χ3n) is 2.30. The lowest BCUT2D eigenvalue weighted by atomic mass is 10.0. The Bertz CT molecular complexity index is 366. The van der Waals surface area contributed by atoms with Gasteiger partial charge in [0.05, 0.1) is 12.3 Å². The molecule has 1 aromatic rings. The van der Waals surface area contributed by atoms with Crippen LogP contribution in [-0.4, -0.2) is 16.1 Å². The molecule has 0 N–H and O–H groups in total. The van der Waals surface area contributed by atoms with E-state index in [1.165, 1.54) is 6.20 Å². The van der Waals surface area contributed by atoms with E-state index < -0.39 is 11.8 Å². The maximum absolute atomic E-state index is 12.6. The molecule has 0 saturated heterocycles. The monoisotopic (exact) mass is 204 g/mol. The van der Waals surface area contributed by atoms with E-state index in [0.717, 1.165) is 13.3 Å². The molecule has 14 heavy (non-hydrogen) atoms. The minimum atomic E-state index is -4.45. The summed E-state index contributed by atoms with van der Waals surface area (Å²) in [7, 11) is 0. The average molecular weight is 204 g/mol. The third kappa shape index (κ3) is 1.10. The molecular formula is C8H7F3N2O. The smallest absolute Gasteiger partial charge is 0.355 e. The summed E-state index contributed by atoms with van der Waals surface area (Å²) >= 11 is 0. The van der Waals surface area contributed by atoms with Crippen molar-refractivity contribution in [1.29, 1.82) is 0 Å². The Labute approximate surface area is 77.9 Å². The van der Waals surface area contributed by atoms with Crippen molar-refractivity contribution in [3.05, 3.63) is 23.8 Å². The van der Waals surface area contributed by atoms with Crippen LogP contribution >= 0.6 is 0 Å². The fraction of sp³-hybridized carbons (Fsp3) is 0.500. The van der Waals surface area contributed by atoms with Crippen molar-refractivity contribution in [1.82, 2.24) is 9.97 Å². The summed E-state index contributed by atoms with van der Waals surface area (Å²) in [5.74, 6) is 0. The van der Waals surface area contributed by atoms with Gasteiger partial charge >= 0.3 is 6.18 Å². The summed E-state index contributed by atoms with van der Waals surface area (Å²) in [5, 5.41) is 0. The average Bonchev–Trinajstić information content (AvgIpc) is 2.45. The van der Waals surface area contributed by atoms with Crippen LogP contribution in [0.2, 0.25) is 0 Å². The van der Waals surface area contributed by atoms with Crippen LogP contribution in [0.1, 0.15) is 18.2 Å². The van der Waals surface area contributed by atoms with Crippen LogP contribution < -0.4 is 0 Å². The Morgan fingerprint density at radius 1 is 1.50 bits per heavy atom. The molecule has 0 aromatic carbocycles. The molecule has 1 aromatic heterocycles. The van der Waals surface area contributed by atoms with Crippen molar-refractivity contribution in [3.63, 3.8) is 0 Å². The molecule has 2 rings (SSSR count). The zero-order valence-corrected chi connectivity index (χ0v) is 7.30. The van der Waals surface area contributed by atoms with E-state index in [-0.39, 0.29) is 12.3 Å². The maximum atomic E-state index is 12.6. The minimum absolute atomic E-state index is 0.0833. The molecular weight excluding hydrogens is 197 g/mol. The van der Waals surface area contributed by atoms with E-state index in [1.807, 2.05) is 0 Å². The maximum Gasteiger partial charge on any atom is 0.422 e. The first-order valence-electron chi connectivity index (χ1n) is 3.95. The Balaban J connectivity index is 2.53. The van der Waals surface area contributed by atoms with E-state index in [4.69, 9.17) is 4.74 Å². The lowest BCUT2D eigenvalue weighted by Gasteiger charge is -2.26. The number of halogens is 3. The number of nitrogens with zero attached hydrogens (tertiary/aromatic N) is 2. The summed E-state index contributed by atoms with van der Waals surface area (Å²) in [6, 6.07) is 0. The molecule has 0 saturated carbocycles. The normalized spacial score (nSPS) is 26.3. The van der Waals surface area contributed by atoms with Gasteiger partial charge in [-0.15, -0.1) is 0 Å². The molecule has 0 amide bonds. The summed E-state index contributed by atoms with van der Waals surface area (Å²) < 4.78 is 42.7. The zero-order chi connectivity index (χ0) is 10.4. The van der Waals surface area contributed by atoms with Crippen LogP contribution in [0.4, 0.5) is 13.2 Å². The molecule has 0 fully saturated rings. The van der Waals surface area contributed by atoms with E-state index in [9.17, 15) is 13.2 Å². The lowest BCUT2D eigenvalue weighted by Crippen LogP contribution is -2.39. The van der Waals surface area contributed by atoms with Gasteiger partial charge in [0, 0.05) is 11.8 Å². The highest BCUT2D eigenvalue weighted by molar-refractivity contribution is 5.27. The number of hydrogen-bond donors (Lipinski definition) is 0. The van der Waals surface area contributed by atoms with Crippen LogP contribution in [0.5, 0.6) is 0 Å². The van der Waals surface area contributed by atoms with Gasteiger partial charge in [0.1, 0.15) is 6.33 Å². The van der Waals surface area contributed by atoms with Gasteiger partial charge in [-0.1, -0.05) is 0 Å². The topological polar surface area (TPSA) is 35.0 Å². The van der Waals surface area contributed by atoms with Gasteiger partial charge in [0.25, 0.3) is 0 Å². The van der Waals surface area contributed by atoms with Crippen LogP contribution in [0.3, 0.4) is 0 Å². The molecule has 3 nitrogen and oxygen atoms in total. The number of rotatable bonds is 0. The number of ether oxygens (including phenoxy) is 1. The Kier molecular flexibility index (Phi) is 1.79. The molecule has 0 aliphatic carbocycles.